The Morgan fingerprint density at radius 2 is 2.20 bits per heavy atom. The first-order chi connectivity index (χ1) is 9.38. The maximum atomic E-state index is 13.0. The van der Waals surface area contributed by atoms with Crippen molar-refractivity contribution in [2.24, 2.45) is 0 Å². The van der Waals surface area contributed by atoms with Crippen LogP contribution in [0.25, 0.3) is 11.4 Å². The first kappa shape index (κ1) is 13.7. The normalized spacial score (nSPS) is 10.5. The number of hydrogen-bond acceptors (Lipinski definition) is 4. The molecule has 104 valence electrons. The van der Waals surface area contributed by atoms with Gasteiger partial charge in [0.05, 0.1) is 12.0 Å². The van der Waals surface area contributed by atoms with Crippen LogP contribution >= 0.6 is 0 Å². The van der Waals surface area contributed by atoms with Crippen LogP contribution in [-0.2, 0) is 11.2 Å². The molecular formula is C13H12FN3O3. The van der Waals surface area contributed by atoms with Crippen LogP contribution in [0.3, 0.4) is 0 Å². The molecule has 0 bridgehead atoms. The standard InChI is InChI=1S/C13H12FN3O3/c1-6-4-7(14)2-3-8(6)12-16-11(15)9(5-10(18)19)13(20)17-12/h2-4H,5H2,1H3,(H,18,19)(H3,15,16,17,20). The summed E-state index contributed by atoms with van der Waals surface area (Å²) < 4.78 is 13.0. The lowest BCUT2D eigenvalue weighted by Gasteiger charge is -2.08. The van der Waals surface area contributed by atoms with Gasteiger partial charge in [-0.2, -0.15) is 0 Å². The Kier molecular flexibility index (Phi) is 3.51. The molecule has 4 N–H and O–H groups in total. The number of H-pyrrole nitrogens is 1. The summed E-state index contributed by atoms with van der Waals surface area (Å²) >= 11 is 0. The van der Waals surface area contributed by atoms with E-state index in [-0.39, 0.29) is 17.2 Å². The summed E-state index contributed by atoms with van der Waals surface area (Å²) in [6, 6.07) is 4.01. The number of nitrogens with two attached hydrogens (primary N) is 1. The van der Waals surface area contributed by atoms with Gasteiger partial charge in [0.1, 0.15) is 17.5 Å². The zero-order chi connectivity index (χ0) is 14.9. The molecular weight excluding hydrogens is 265 g/mol. The quantitative estimate of drug-likeness (QED) is 0.778. The van der Waals surface area contributed by atoms with Crippen LogP contribution in [0.15, 0.2) is 23.0 Å². The van der Waals surface area contributed by atoms with E-state index in [0.717, 1.165) is 0 Å². The molecule has 0 amide bonds. The Labute approximate surface area is 113 Å². The Morgan fingerprint density at radius 3 is 2.75 bits per heavy atom. The van der Waals surface area contributed by atoms with Crippen molar-refractivity contribution >= 4 is 11.8 Å². The van der Waals surface area contributed by atoms with Gasteiger partial charge >= 0.3 is 5.97 Å². The SMILES string of the molecule is Cc1cc(F)ccc1-c1nc(N)c(CC(=O)O)c(=O)[nH]1. The van der Waals surface area contributed by atoms with Crippen molar-refractivity contribution in [3.63, 3.8) is 0 Å². The number of carbonyl (C=O) groups is 1. The number of nitrogens with one attached hydrogen (secondary N) is 1. The molecule has 0 saturated carbocycles. The van der Waals surface area contributed by atoms with Gasteiger partial charge in [0.15, 0.2) is 0 Å². The summed E-state index contributed by atoms with van der Waals surface area (Å²) in [5.41, 5.74) is 6.02. The highest BCUT2D eigenvalue weighted by Crippen LogP contribution is 2.21. The summed E-state index contributed by atoms with van der Waals surface area (Å²) in [5.74, 6) is -1.53. The first-order valence-corrected chi connectivity index (χ1v) is 5.75. The van der Waals surface area contributed by atoms with Gasteiger partial charge in [-0.1, -0.05) is 0 Å². The number of anilines is 1. The van der Waals surface area contributed by atoms with Crippen molar-refractivity contribution in [2.45, 2.75) is 13.3 Å². The molecule has 0 saturated heterocycles. The first-order valence-electron chi connectivity index (χ1n) is 5.75. The largest absolute Gasteiger partial charge is 0.481 e. The van der Waals surface area contributed by atoms with Gasteiger partial charge in [-0.05, 0) is 30.7 Å². The number of aryl methyl sites for hydroxylation is 1. The molecule has 0 aliphatic carbocycles. The van der Waals surface area contributed by atoms with Crippen molar-refractivity contribution in [1.82, 2.24) is 9.97 Å². The molecule has 1 aromatic heterocycles. The smallest absolute Gasteiger partial charge is 0.308 e. The van der Waals surface area contributed by atoms with Gasteiger partial charge < -0.3 is 15.8 Å². The number of nitrogen functional groups attached to an aromatic ring is 1. The third-order valence-corrected chi connectivity index (χ3v) is 2.82. The number of benzene rings is 1. The van der Waals surface area contributed by atoms with E-state index in [9.17, 15) is 14.0 Å². The molecule has 6 nitrogen and oxygen atoms in total. The minimum Gasteiger partial charge on any atom is -0.481 e. The number of aromatic nitrogens is 2. The van der Waals surface area contributed by atoms with Crippen molar-refractivity contribution in [1.29, 1.82) is 0 Å². The van der Waals surface area contributed by atoms with E-state index in [2.05, 4.69) is 9.97 Å². The van der Waals surface area contributed by atoms with Gasteiger partial charge in [0.2, 0.25) is 0 Å². The van der Waals surface area contributed by atoms with E-state index >= 15 is 0 Å². The zero-order valence-electron chi connectivity index (χ0n) is 10.6. The second-order valence-electron chi connectivity index (χ2n) is 4.31. The van der Waals surface area contributed by atoms with E-state index in [0.29, 0.717) is 11.1 Å². The lowest BCUT2D eigenvalue weighted by molar-refractivity contribution is -0.136. The number of carboxylic acid groups (broad SMARTS) is 1. The fraction of sp³-hybridized carbons (Fsp3) is 0.154. The lowest BCUT2D eigenvalue weighted by atomic mass is 10.1. The zero-order valence-corrected chi connectivity index (χ0v) is 10.6. The Balaban J connectivity index is 2.55. The highest BCUT2D eigenvalue weighted by atomic mass is 19.1. The molecule has 0 spiro atoms. The van der Waals surface area contributed by atoms with E-state index < -0.39 is 23.8 Å². The monoisotopic (exact) mass is 277 g/mol. The number of nitrogens with zero attached hydrogens (tertiary/aromatic N) is 1. The summed E-state index contributed by atoms with van der Waals surface area (Å²) in [5, 5.41) is 8.70. The highest BCUT2D eigenvalue weighted by molar-refractivity contribution is 5.72. The van der Waals surface area contributed by atoms with Crippen LogP contribution in [0.5, 0.6) is 0 Å². The second-order valence-corrected chi connectivity index (χ2v) is 4.31. The van der Waals surface area contributed by atoms with Gasteiger partial charge in [-0.15, -0.1) is 0 Å². The lowest BCUT2D eigenvalue weighted by Crippen LogP contribution is -2.21. The van der Waals surface area contributed by atoms with Crippen LogP contribution in [0.1, 0.15) is 11.1 Å². The number of aromatic amines is 1. The minimum atomic E-state index is -1.17. The fourth-order valence-corrected chi connectivity index (χ4v) is 1.86. The van der Waals surface area contributed by atoms with E-state index in [1.807, 2.05) is 0 Å². The Morgan fingerprint density at radius 1 is 1.50 bits per heavy atom. The topological polar surface area (TPSA) is 109 Å². The molecule has 0 fully saturated rings. The van der Waals surface area contributed by atoms with Crippen molar-refractivity contribution in [3.05, 3.63) is 45.5 Å². The summed E-state index contributed by atoms with van der Waals surface area (Å²) in [4.78, 5) is 28.9. The highest BCUT2D eigenvalue weighted by Gasteiger charge is 2.14. The average molecular weight is 277 g/mol. The van der Waals surface area contributed by atoms with Crippen LogP contribution < -0.4 is 11.3 Å². The molecule has 1 aromatic carbocycles. The molecule has 2 aromatic rings. The Bertz CT molecular complexity index is 740. The van der Waals surface area contributed by atoms with E-state index in [1.54, 1.807) is 6.92 Å². The second kappa shape index (κ2) is 5.12. The fourth-order valence-electron chi connectivity index (χ4n) is 1.86. The third-order valence-electron chi connectivity index (χ3n) is 2.82. The van der Waals surface area contributed by atoms with Crippen molar-refractivity contribution in [3.8, 4) is 11.4 Å². The number of hydrogen-bond donors (Lipinski definition) is 3. The van der Waals surface area contributed by atoms with Crippen LogP contribution in [0, 0.1) is 12.7 Å². The van der Waals surface area contributed by atoms with Crippen LogP contribution in [-0.4, -0.2) is 21.0 Å². The third kappa shape index (κ3) is 2.66. The molecule has 0 atom stereocenters. The van der Waals surface area contributed by atoms with Crippen LogP contribution in [0.4, 0.5) is 10.2 Å². The molecule has 2 rings (SSSR count). The average Bonchev–Trinajstić information content (AvgIpc) is 2.33. The van der Waals surface area contributed by atoms with Gasteiger partial charge in [-0.25, -0.2) is 9.37 Å². The molecule has 0 aliphatic heterocycles. The number of aliphatic carboxylic acids is 1. The molecule has 0 radical (unpaired) electrons. The van der Waals surface area contributed by atoms with Gasteiger partial charge in [-0.3, -0.25) is 9.59 Å². The van der Waals surface area contributed by atoms with Crippen LogP contribution in [0.2, 0.25) is 0 Å². The molecule has 7 heteroatoms. The molecule has 0 unspecified atom stereocenters. The van der Waals surface area contributed by atoms with Crippen molar-refractivity contribution in [2.75, 3.05) is 5.73 Å². The summed E-state index contributed by atoms with van der Waals surface area (Å²) in [7, 11) is 0. The molecule has 1 heterocycles. The molecule has 20 heavy (non-hydrogen) atoms. The maximum Gasteiger partial charge on any atom is 0.308 e. The number of rotatable bonds is 3. The minimum absolute atomic E-state index is 0.0963. The predicted octanol–water partition coefficient (Wildman–Crippen LogP) is 1.09. The summed E-state index contributed by atoms with van der Waals surface area (Å²) in [6.45, 7) is 1.67. The predicted molar refractivity (Wildman–Crippen MR) is 70.7 cm³/mol. The van der Waals surface area contributed by atoms with Gasteiger partial charge in [0, 0.05) is 5.56 Å². The maximum absolute atomic E-state index is 13.0. The summed E-state index contributed by atoms with van der Waals surface area (Å²) in [6.07, 6.45) is -0.503. The Hall–Kier alpha value is -2.70. The van der Waals surface area contributed by atoms with E-state index in [4.69, 9.17) is 10.8 Å². The van der Waals surface area contributed by atoms with Crippen molar-refractivity contribution < 1.29 is 14.3 Å². The van der Waals surface area contributed by atoms with Gasteiger partial charge in [0.25, 0.3) is 5.56 Å². The number of halogens is 1. The molecule has 0 aliphatic rings. The van der Waals surface area contributed by atoms with E-state index in [1.165, 1.54) is 18.2 Å². The number of carboxylic acids is 1.